The summed E-state index contributed by atoms with van der Waals surface area (Å²) in [5.74, 6) is -23.2. The van der Waals surface area contributed by atoms with Gasteiger partial charge in [0, 0.05) is 92.0 Å². The topological polar surface area (TPSA) is 770 Å². The van der Waals surface area contributed by atoms with Crippen molar-refractivity contribution in [2.24, 2.45) is 47.3 Å². The molecule has 0 saturated carbocycles. The number of thioether (sulfide) groups is 8. The van der Waals surface area contributed by atoms with Gasteiger partial charge in [-0.3, -0.25) is 38.4 Å². The second-order valence-corrected chi connectivity index (χ2v) is 43.8. The van der Waals surface area contributed by atoms with Gasteiger partial charge in [-0.1, -0.05) is 55.4 Å². The molecule has 136 heavy (non-hydrogen) atoms. The fourth-order valence-electron chi connectivity index (χ4n) is 15.3. The monoisotopic (exact) mass is 2110 g/mol. The number of carboxylic acid groups (broad SMARTS) is 8. The molecule has 0 aliphatic carbocycles. The van der Waals surface area contributed by atoms with Crippen molar-refractivity contribution in [1.29, 1.82) is 0 Å². The molecule has 48 atom stereocenters. The third kappa shape index (κ3) is 30.7. The van der Waals surface area contributed by atoms with Crippen molar-refractivity contribution in [3.05, 3.63) is 0 Å². The molecule has 30 rings (SSSR count). The number of aliphatic hydroxyl groups is 16. The summed E-state index contributed by atoms with van der Waals surface area (Å²) in [6, 6.07) is 0. The number of hydrogen-bond donors (Lipinski definition) is 24. The molecule has 30 aliphatic heterocycles. The molecule has 0 amide bonds. The van der Waals surface area contributed by atoms with Crippen LogP contribution in [-0.2, 0) is 114 Å². The molecule has 30 aliphatic rings. The summed E-state index contributed by atoms with van der Waals surface area (Å²) in [6.07, 6.45) is -83.1. The number of ether oxygens (including phenoxy) is 16. The first-order chi connectivity index (χ1) is 64.0. The van der Waals surface area contributed by atoms with Crippen LogP contribution in [0.5, 0.6) is 0 Å². The number of hydrogen-bond acceptors (Lipinski definition) is 48. The van der Waals surface area contributed by atoms with Crippen molar-refractivity contribution in [3.63, 3.8) is 0 Å². The first-order valence-corrected chi connectivity index (χ1v) is 53.1. The van der Waals surface area contributed by atoms with E-state index in [1.165, 1.54) is 55.4 Å². The van der Waals surface area contributed by atoms with Gasteiger partial charge in [-0.2, -0.15) is 94.1 Å². The highest BCUT2D eigenvalue weighted by atomic mass is 32.2. The Labute approximate surface area is 814 Å². The zero-order chi connectivity index (χ0) is 101. The summed E-state index contributed by atoms with van der Waals surface area (Å²) >= 11 is 7.10. The third-order valence-electron chi connectivity index (χ3n) is 24.0. The minimum absolute atomic E-state index is 0.179. The van der Waals surface area contributed by atoms with Gasteiger partial charge in [-0.25, -0.2) is 0 Å². The fraction of sp³-hybridized carbons (Fsp3) is 0.900. The summed E-state index contributed by atoms with van der Waals surface area (Å²) in [7, 11) is 0. The van der Waals surface area contributed by atoms with Crippen LogP contribution in [0.3, 0.4) is 0 Å². The Kier molecular flexibility index (Phi) is 46.5. The second-order valence-electron chi connectivity index (χ2n) is 35.2. The molecular weight excluding hydrogens is 1990 g/mol. The molecule has 0 spiro atoms. The molecular formula is C80H128O48S8. The number of aliphatic carboxylic acids is 8. The van der Waals surface area contributed by atoms with Crippen molar-refractivity contribution >= 4 is 142 Å². The van der Waals surface area contributed by atoms with Crippen LogP contribution in [0.4, 0.5) is 0 Å². The molecule has 16 bridgehead atoms. The van der Waals surface area contributed by atoms with E-state index in [0.717, 1.165) is 94.1 Å². The Balaban J connectivity index is 1.15. The van der Waals surface area contributed by atoms with Gasteiger partial charge in [0.25, 0.3) is 0 Å². The molecule has 0 aromatic heterocycles. The van der Waals surface area contributed by atoms with Crippen LogP contribution in [0.15, 0.2) is 0 Å². The second kappa shape index (κ2) is 54.1. The molecule has 0 aromatic rings. The molecule has 56 heteroatoms. The van der Waals surface area contributed by atoms with E-state index < -0.39 is 387 Å². The van der Waals surface area contributed by atoms with Crippen molar-refractivity contribution in [1.82, 2.24) is 0 Å². The lowest BCUT2D eigenvalue weighted by atomic mass is 9.95. The summed E-state index contributed by atoms with van der Waals surface area (Å²) < 4.78 is 102. The van der Waals surface area contributed by atoms with Crippen LogP contribution < -0.4 is 0 Å². The van der Waals surface area contributed by atoms with E-state index in [-0.39, 0.29) is 46.0 Å². The quantitative estimate of drug-likeness (QED) is 0.0272. The highest BCUT2D eigenvalue weighted by Gasteiger charge is 2.61. The van der Waals surface area contributed by atoms with Crippen molar-refractivity contribution in [2.45, 2.75) is 301 Å². The third-order valence-corrected chi connectivity index (χ3v) is 34.4. The van der Waals surface area contributed by atoms with Gasteiger partial charge < -0.3 is 198 Å². The van der Waals surface area contributed by atoms with Gasteiger partial charge >= 0.3 is 47.8 Å². The maximum Gasteiger partial charge on any atom is 0.307 e. The van der Waals surface area contributed by atoms with E-state index in [2.05, 4.69) is 0 Å². The van der Waals surface area contributed by atoms with E-state index in [0.29, 0.717) is 0 Å². The molecule has 48 nitrogen and oxygen atoms in total. The van der Waals surface area contributed by atoms with Gasteiger partial charge in [0.05, 0.1) is 96.2 Å². The number of carbonyl (C=O) groups is 8. The SMILES string of the molecule is CC(CSC[C@@H]1O[C@H]2O[C@@H]3[C@@H](O)[C@H](O)[C@H](O[C@@H]4[C@@H](O)[C@H](O)[C@H](O[C@@H]5[C@@H](O)[C@H](O)[C@H](O[C@@H]6[C@@H](O)[C@@H](O)[C@H](O[C@@H]7[C@@H](O)[C@H](O)[C@H](O[C@@H]8[C@@H](O)[C@H](O)[C@H](O[C@@H]9[C@@H](O)[C@H](O)[C@H](O[C@@H]1[C@@H](O)[C@@H]2O)O[C@H]9CSCC(C)C(=O)O)O[C@H]8CSCC(C)C(=O)O)O[C@H]7CSCC(C)C(=O)O)O[C@H]6CSCC(C)C(=O)O)O[C@H]5CSCC(C)C(=O)O)O[C@H]4CSCC(C)C(=O)O)O[C@H]3CSCC(C)C(=O)O)C(=O)O. The van der Waals surface area contributed by atoms with Gasteiger partial charge in [-0.05, 0) is 0 Å². The minimum atomic E-state index is -2.35. The maximum absolute atomic E-state index is 12.4. The van der Waals surface area contributed by atoms with E-state index in [9.17, 15) is 161 Å². The van der Waals surface area contributed by atoms with E-state index in [1.54, 1.807) is 0 Å². The van der Waals surface area contributed by atoms with Crippen LogP contribution in [0.25, 0.3) is 0 Å². The average Bonchev–Trinajstić information content (AvgIpc) is 0.762. The van der Waals surface area contributed by atoms with Crippen molar-refractivity contribution in [3.8, 4) is 0 Å². The summed E-state index contributed by atoms with van der Waals surface area (Å²) in [5, 5.41) is 277. The molecule has 30 saturated heterocycles. The minimum Gasteiger partial charge on any atom is -0.481 e. The molecule has 0 aromatic carbocycles. The Morgan fingerprint density at radius 3 is 0.338 bits per heavy atom. The predicted octanol–water partition coefficient (Wildman–Crippen LogP) is -5.71. The molecule has 24 N–H and O–H groups in total. The predicted molar refractivity (Wildman–Crippen MR) is 477 cm³/mol. The lowest BCUT2D eigenvalue weighted by Crippen LogP contribution is -2.69. The van der Waals surface area contributed by atoms with E-state index in [4.69, 9.17) is 75.8 Å². The maximum atomic E-state index is 12.4. The highest BCUT2D eigenvalue weighted by Crippen LogP contribution is 2.44. The smallest absolute Gasteiger partial charge is 0.307 e. The van der Waals surface area contributed by atoms with Crippen LogP contribution in [-0.4, -0.2) is 508 Å². The van der Waals surface area contributed by atoms with Gasteiger partial charge in [0.15, 0.2) is 50.3 Å². The summed E-state index contributed by atoms with van der Waals surface area (Å²) in [4.78, 5) is 97.6. The standard InChI is InChI=1S/C80H128O48S8/c1-25(65(97)98)9-129-17-33-57-41(81)49(89)73(113-33)122-58-34(18-130-10-26(2)66(99)100)115-75(51(91)43(58)83)124-60-36(20-132-12-28(4)68(103)104)117-77(53(93)45(60)85)126-62-38(22-134-14-30(6)70(107)108)119-79(55(95)47(62)87)128-64-40(24-136-16-32(8)72(111)112)120-80(56(96)48(64)88)127-63-39(23-135-15-31(7)71(109)110)118-78(54(94)46(63)86)125-61-37(21-133-13-29(5)69(105)106)116-76(52(92)44(61)84)123-59-35(19-131-11-27(3)67(101)102)114-74(121-57)50(90)42(59)82/h25-64,73-96H,9-24H2,1-8H3,(H,97,98)(H,99,100)(H,101,102)(H,103,104)(H,105,106)(H,107,108)(H,109,110)(H,111,112)/t25?,26?,27?,28?,29?,30?,31?,32?,33-,34-,35-,36-,37-,38-,39-,40-,41-,42-,43-,44-,45-,46-,47-,48-,49-,50-,51-,52-,53-,54-,55-,56+,57-,58-,59-,60-,61-,62-,63-,64-,73-,74-,75-,76-,77-,78-,79-,80-/m0/s1. The van der Waals surface area contributed by atoms with Gasteiger partial charge in [0.1, 0.15) is 146 Å². The average molecular weight is 2110 g/mol. The molecule has 30 heterocycles. The number of rotatable bonds is 40. The molecule has 8 unspecified atom stereocenters. The number of carboxylic acids is 8. The molecule has 30 fully saturated rings. The lowest BCUT2D eigenvalue weighted by Gasteiger charge is -2.51. The van der Waals surface area contributed by atoms with E-state index >= 15 is 0 Å². The Bertz CT molecular complexity index is 3080. The van der Waals surface area contributed by atoms with Crippen LogP contribution in [0.1, 0.15) is 55.4 Å². The van der Waals surface area contributed by atoms with Crippen LogP contribution in [0, 0.1) is 47.3 Å². The first-order valence-electron chi connectivity index (χ1n) is 43.8. The first kappa shape index (κ1) is 117. The van der Waals surface area contributed by atoms with Gasteiger partial charge in [-0.15, -0.1) is 0 Å². The van der Waals surface area contributed by atoms with Crippen LogP contribution >= 0.6 is 94.1 Å². The van der Waals surface area contributed by atoms with Gasteiger partial charge in [0.2, 0.25) is 0 Å². The molecule has 0 radical (unpaired) electrons. The summed E-state index contributed by atoms with van der Waals surface area (Å²) in [5.41, 5.74) is 0. The Hall–Kier alpha value is -2.72. The Morgan fingerprint density at radius 1 is 0.169 bits per heavy atom. The number of aliphatic hydroxyl groups excluding tert-OH is 16. The Morgan fingerprint density at radius 2 is 0.257 bits per heavy atom. The zero-order valence-corrected chi connectivity index (χ0v) is 81.4. The van der Waals surface area contributed by atoms with E-state index in [1.807, 2.05) is 0 Å². The normalized spacial score (nSPS) is 41.7. The lowest BCUT2D eigenvalue weighted by molar-refractivity contribution is -0.396. The fourth-order valence-corrected chi connectivity index (χ4v) is 24.3. The highest BCUT2D eigenvalue weighted by molar-refractivity contribution is 8.00. The van der Waals surface area contributed by atoms with Crippen LogP contribution in [0.2, 0.25) is 0 Å². The summed E-state index contributed by atoms with van der Waals surface area (Å²) in [6.45, 7) is 10.8. The zero-order valence-electron chi connectivity index (χ0n) is 74.8. The van der Waals surface area contributed by atoms with Crippen molar-refractivity contribution in [2.75, 3.05) is 92.0 Å². The largest absolute Gasteiger partial charge is 0.481 e. The van der Waals surface area contributed by atoms with Crippen molar-refractivity contribution < 1.29 is 237 Å². The molecule has 784 valence electrons.